The van der Waals surface area contributed by atoms with Crippen LogP contribution < -0.4 is 15.4 Å². The number of hydrogen-bond acceptors (Lipinski definition) is 5. The molecule has 0 saturated heterocycles. The van der Waals surface area contributed by atoms with Gasteiger partial charge in [-0.3, -0.25) is 4.79 Å². The number of carbonyl (C=O) groups excluding carboxylic acids is 1. The van der Waals surface area contributed by atoms with E-state index in [1.54, 1.807) is 66.9 Å². The van der Waals surface area contributed by atoms with Crippen LogP contribution in [0, 0.1) is 5.82 Å². The van der Waals surface area contributed by atoms with Crippen LogP contribution in [-0.2, 0) is 0 Å². The molecule has 3 aromatic carbocycles. The zero-order valence-electron chi connectivity index (χ0n) is 17.0. The highest BCUT2D eigenvalue weighted by molar-refractivity contribution is 6.32. The summed E-state index contributed by atoms with van der Waals surface area (Å²) in [4.78, 5) is 21.2. The second kappa shape index (κ2) is 9.45. The monoisotopic (exact) mass is 448 g/mol. The third kappa shape index (κ3) is 5.01. The van der Waals surface area contributed by atoms with E-state index in [4.69, 9.17) is 16.3 Å². The van der Waals surface area contributed by atoms with Crippen LogP contribution in [0.1, 0.15) is 10.4 Å². The lowest BCUT2D eigenvalue weighted by atomic mass is 10.2. The fourth-order valence-corrected chi connectivity index (χ4v) is 3.22. The van der Waals surface area contributed by atoms with Crippen molar-refractivity contribution in [2.24, 2.45) is 0 Å². The SMILES string of the molecule is COc1ccc(NC(=O)c2ccc(Nc3ccnc(-c4ccc(F)cc4)n3)cc2)cc1Cl. The van der Waals surface area contributed by atoms with Crippen molar-refractivity contribution < 1.29 is 13.9 Å². The highest BCUT2D eigenvalue weighted by atomic mass is 35.5. The summed E-state index contributed by atoms with van der Waals surface area (Å²) in [6.07, 6.45) is 1.62. The first-order valence-corrected chi connectivity index (χ1v) is 10.0. The Morgan fingerprint density at radius 3 is 2.38 bits per heavy atom. The number of ether oxygens (including phenoxy) is 1. The van der Waals surface area contributed by atoms with Crippen molar-refractivity contribution in [1.82, 2.24) is 9.97 Å². The van der Waals surface area contributed by atoms with Crippen LogP contribution in [0.2, 0.25) is 5.02 Å². The summed E-state index contributed by atoms with van der Waals surface area (Å²) in [7, 11) is 1.53. The molecule has 0 unspecified atom stereocenters. The highest BCUT2D eigenvalue weighted by Crippen LogP contribution is 2.27. The maximum absolute atomic E-state index is 13.1. The van der Waals surface area contributed by atoms with Crippen molar-refractivity contribution in [2.75, 3.05) is 17.7 Å². The summed E-state index contributed by atoms with van der Waals surface area (Å²) in [5.41, 5.74) is 2.51. The van der Waals surface area contributed by atoms with Gasteiger partial charge < -0.3 is 15.4 Å². The Morgan fingerprint density at radius 2 is 1.69 bits per heavy atom. The van der Waals surface area contributed by atoms with E-state index in [2.05, 4.69) is 20.6 Å². The van der Waals surface area contributed by atoms with E-state index in [1.165, 1.54) is 19.2 Å². The van der Waals surface area contributed by atoms with Crippen molar-refractivity contribution in [3.63, 3.8) is 0 Å². The number of rotatable bonds is 6. The van der Waals surface area contributed by atoms with E-state index in [1.807, 2.05) is 0 Å². The van der Waals surface area contributed by atoms with Gasteiger partial charge in [-0.2, -0.15) is 0 Å². The molecule has 0 saturated carbocycles. The summed E-state index contributed by atoms with van der Waals surface area (Å²) in [5, 5.41) is 6.39. The lowest BCUT2D eigenvalue weighted by Crippen LogP contribution is -2.11. The van der Waals surface area contributed by atoms with Crippen LogP contribution in [-0.4, -0.2) is 23.0 Å². The van der Waals surface area contributed by atoms with Crippen LogP contribution in [0.25, 0.3) is 11.4 Å². The van der Waals surface area contributed by atoms with Crippen LogP contribution in [0.5, 0.6) is 5.75 Å². The van der Waals surface area contributed by atoms with Gasteiger partial charge in [0.05, 0.1) is 12.1 Å². The third-order valence-corrected chi connectivity index (χ3v) is 4.88. The molecule has 4 rings (SSSR count). The number of nitrogens with one attached hydrogen (secondary N) is 2. The molecule has 0 atom stereocenters. The van der Waals surface area contributed by atoms with Crippen LogP contribution >= 0.6 is 11.6 Å². The lowest BCUT2D eigenvalue weighted by Gasteiger charge is -2.10. The molecule has 8 heteroatoms. The number of halogens is 2. The molecule has 4 aromatic rings. The Balaban J connectivity index is 1.44. The maximum atomic E-state index is 13.1. The number of methoxy groups -OCH3 is 1. The molecule has 2 N–H and O–H groups in total. The van der Waals surface area contributed by atoms with Gasteiger partial charge in [-0.15, -0.1) is 0 Å². The smallest absolute Gasteiger partial charge is 0.255 e. The van der Waals surface area contributed by atoms with E-state index < -0.39 is 0 Å². The standard InChI is InChI=1S/C24H18ClFN4O2/c1-32-21-11-10-19(14-20(21)25)29-24(31)16-4-8-18(9-5-16)28-22-12-13-27-23(30-22)15-2-6-17(26)7-3-15/h2-14H,1H3,(H,29,31)(H,27,28,30). The fraction of sp³-hybridized carbons (Fsp3) is 0.0417. The van der Waals surface area contributed by atoms with Crippen LogP contribution in [0.15, 0.2) is 79.0 Å². The van der Waals surface area contributed by atoms with E-state index in [-0.39, 0.29) is 11.7 Å². The predicted octanol–water partition coefficient (Wildman–Crippen LogP) is 5.94. The Morgan fingerprint density at radius 1 is 0.969 bits per heavy atom. The summed E-state index contributed by atoms with van der Waals surface area (Å²) in [6, 6.07) is 19.7. The maximum Gasteiger partial charge on any atom is 0.255 e. The van der Waals surface area contributed by atoms with E-state index >= 15 is 0 Å². The number of nitrogens with zero attached hydrogens (tertiary/aromatic N) is 2. The van der Waals surface area contributed by atoms with Crippen molar-refractivity contribution >= 4 is 34.7 Å². The molecule has 1 heterocycles. The van der Waals surface area contributed by atoms with Crippen molar-refractivity contribution in [2.45, 2.75) is 0 Å². The zero-order valence-corrected chi connectivity index (χ0v) is 17.7. The minimum atomic E-state index is -0.317. The topological polar surface area (TPSA) is 76.1 Å². The third-order valence-electron chi connectivity index (χ3n) is 4.59. The number of carbonyl (C=O) groups is 1. The molecule has 32 heavy (non-hydrogen) atoms. The van der Waals surface area contributed by atoms with E-state index in [0.717, 1.165) is 5.69 Å². The molecule has 1 amide bonds. The number of anilines is 3. The first kappa shape index (κ1) is 21.3. The van der Waals surface area contributed by atoms with Gasteiger partial charge in [0, 0.05) is 28.7 Å². The fourth-order valence-electron chi connectivity index (χ4n) is 2.97. The second-order valence-electron chi connectivity index (χ2n) is 6.78. The quantitative estimate of drug-likeness (QED) is 0.381. The van der Waals surface area contributed by atoms with Gasteiger partial charge in [0.2, 0.25) is 0 Å². The summed E-state index contributed by atoms with van der Waals surface area (Å²) < 4.78 is 18.2. The second-order valence-corrected chi connectivity index (χ2v) is 7.19. The van der Waals surface area contributed by atoms with Gasteiger partial charge in [0.25, 0.3) is 5.91 Å². The highest BCUT2D eigenvalue weighted by Gasteiger charge is 2.09. The molecule has 160 valence electrons. The molecule has 0 spiro atoms. The van der Waals surface area contributed by atoms with Gasteiger partial charge in [0.1, 0.15) is 17.4 Å². The molecule has 1 aromatic heterocycles. The summed E-state index contributed by atoms with van der Waals surface area (Å²) in [6.45, 7) is 0. The predicted molar refractivity (Wildman–Crippen MR) is 123 cm³/mol. The molecule has 0 aliphatic heterocycles. The average Bonchev–Trinajstić information content (AvgIpc) is 2.80. The van der Waals surface area contributed by atoms with E-state index in [9.17, 15) is 9.18 Å². The first-order chi connectivity index (χ1) is 15.5. The van der Waals surface area contributed by atoms with Crippen molar-refractivity contribution in [3.05, 3.63) is 95.4 Å². The molecule has 6 nitrogen and oxygen atoms in total. The Bertz CT molecular complexity index is 1250. The average molecular weight is 449 g/mol. The molecule has 0 bridgehead atoms. The van der Waals surface area contributed by atoms with Gasteiger partial charge in [-0.1, -0.05) is 11.6 Å². The van der Waals surface area contributed by atoms with Crippen molar-refractivity contribution in [1.29, 1.82) is 0 Å². The van der Waals surface area contributed by atoms with Gasteiger partial charge in [-0.05, 0) is 72.8 Å². The molecular formula is C24H18ClFN4O2. The normalized spacial score (nSPS) is 10.5. The minimum absolute atomic E-state index is 0.265. The molecule has 0 radical (unpaired) electrons. The van der Waals surface area contributed by atoms with E-state index in [0.29, 0.717) is 39.2 Å². The molecule has 0 fully saturated rings. The summed E-state index contributed by atoms with van der Waals surface area (Å²) in [5.74, 6) is 1.00. The Labute approximate surface area is 189 Å². The summed E-state index contributed by atoms with van der Waals surface area (Å²) >= 11 is 6.10. The molecule has 0 aliphatic rings. The number of benzene rings is 3. The molecule has 0 aliphatic carbocycles. The first-order valence-electron chi connectivity index (χ1n) is 9.63. The molecular weight excluding hydrogens is 431 g/mol. The van der Waals surface area contributed by atoms with Gasteiger partial charge in [-0.25, -0.2) is 14.4 Å². The zero-order chi connectivity index (χ0) is 22.5. The van der Waals surface area contributed by atoms with Gasteiger partial charge in [0.15, 0.2) is 5.82 Å². The number of hydrogen-bond donors (Lipinski definition) is 2. The Kier molecular flexibility index (Phi) is 6.28. The van der Waals surface area contributed by atoms with Gasteiger partial charge >= 0.3 is 0 Å². The minimum Gasteiger partial charge on any atom is -0.495 e. The largest absolute Gasteiger partial charge is 0.495 e. The van der Waals surface area contributed by atoms with Crippen LogP contribution in [0.4, 0.5) is 21.6 Å². The number of amides is 1. The van der Waals surface area contributed by atoms with Crippen LogP contribution in [0.3, 0.4) is 0 Å². The van der Waals surface area contributed by atoms with Crippen molar-refractivity contribution in [3.8, 4) is 17.1 Å². The Hall–Kier alpha value is -3.97. The lowest BCUT2D eigenvalue weighted by molar-refractivity contribution is 0.102. The number of aromatic nitrogens is 2.